The minimum atomic E-state index is -0.329. The number of halogens is 2. The van der Waals surface area contributed by atoms with E-state index in [4.69, 9.17) is 23.2 Å². The van der Waals surface area contributed by atoms with Gasteiger partial charge in [-0.15, -0.1) is 11.3 Å². The molecule has 5 nitrogen and oxygen atoms in total. The molecule has 2 heterocycles. The lowest BCUT2D eigenvalue weighted by atomic mass is 10.2. The molecular weight excluding hydrogens is 331 g/mol. The Balaban J connectivity index is 1.75. The van der Waals surface area contributed by atoms with Crippen LogP contribution in [-0.4, -0.2) is 21.5 Å². The maximum atomic E-state index is 11.9. The number of nitrogens with one attached hydrogen (secondary N) is 1. The molecule has 0 bridgehead atoms. The van der Waals surface area contributed by atoms with Crippen LogP contribution in [0.4, 0.5) is 0 Å². The summed E-state index contributed by atoms with van der Waals surface area (Å²) in [4.78, 5) is 16.8. The van der Waals surface area contributed by atoms with Gasteiger partial charge in [-0.25, -0.2) is 10.4 Å². The van der Waals surface area contributed by atoms with Gasteiger partial charge in [-0.3, -0.25) is 9.20 Å². The molecule has 1 aromatic carbocycles. The second kappa shape index (κ2) is 5.85. The number of fused-ring (bicyclic) bond motifs is 1. The number of imidazole rings is 1. The fraction of sp³-hybridized carbons (Fsp3) is 0. The highest BCUT2D eigenvalue weighted by atomic mass is 35.5. The lowest BCUT2D eigenvalue weighted by Gasteiger charge is -1.99. The molecular formula is C13H8Cl2N4OS. The molecule has 0 saturated heterocycles. The van der Waals surface area contributed by atoms with Gasteiger partial charge in [0.05, 0.1) is 6.21 Å². The van der Waals surface area contributed by atoms with E-state index in [2.05, 4.69) is 15.5 Å². The number of nitrogens with zero attached hydrogens (tertiary/aromatic N) is 3. The molecule has 1 amide bonds. The Bertz CT molecular complexity index is 822. The first-order valence-electron chi connectivity index (χ1n) is 5.85. The van der Waals surface area contributed by atoms with Crippen molar-refractivity contribution < 1.29 is 4.79 Å². The van der Waals surface area contributed by atoms with E-state index in [-0.39, 0.29) is 5.91 Å². The SMILES string of the molecule is O=C(N/N=C\c1c(Cl)nc2sccn12)c1ccc(Cl)cc1. The third-order valence-electron chi connectivity index (χ3n) is 2.71. The summed E-state index contributed by atoms with van der Waals surface area (Å²) in [5.41, 5.74) is 3.52. The fourth-order valence-corrected chi connectivity index (χ4v) is 2.83. The smallest absolute Gasteiger partial charge is 0.271 e. The minimum Gasteiger partial charge on any atom is -0.288 e. The number of carbonyl (C=O) groups is 1. The van der Waals surface area contributed by atoms with E-state index in [1.807, 2.05) is 11.6 Å². The van der Waals surface area contributed by atoms with Crippen molar-refractivity contribution in [1.82, 2.24) is 14.8 Å². The zero-order chi connectivity index (χ0) is 14.8. The highest BCUT2D eigenvalue weighted by Gasteiger charge is 2.09. The number of carbonyl (C=O) groups excluding carboxylic acids is 1. The summed E-state index contributed by atoms with van der Waals surface area (Å²) in [6.45, 7) is 0. The van der Waals surface area contributed by atoms with Gasteiger partial charge >= 0.3 is 0 Å². The Morgan fingerprint density at radius 3 is 2.86 bits per heavy atom. The maximum absolute atomic E-state index is 11.9. The van der Waals surface area contributed by atoms with Crippen LogP contribution >= 0.6 is 34.5 Å². The Morgan fingerprint density at radius 2 is 2.10 bits per heavy atom. The topological polar surface area (TPSA) is 58.8 Å². The molecule has 0 aliphatic rings. The minimum absolute atomic E-state index is 0.329. The highest BCUT2D eigenvalue weighted by Crippen LogP contribution is 2.19. The molecule has 0 fully saturated rings. The molecule has 0 spiro atoms. The first-order valence-corrected chi connectivity index (χ1v) is 7.49. The van der Waals surface area contributed by atoms with Crippen LogP contribution in [0.1, 0.15) is 16.1 Å². The van der Waals surface area contributed by atoms with Crippen molar-refractivity contribution in [2.75, 3.05) is 0 Å². The quantitative estimate of drug-likeness (QED) is 0.587. The van der Waals surface area contributed by atoms with Gasteiger partial charge in [-0.2, -0.15) is 5.10 Å². The average Bonchev–Trinajstić information content (AvgIpc) is 3.02. The van der Waals surface area contributed by atoms with Crippen molar-refractivity contribution in [2.24, 2.45) is 5.10 Å². The summed E-state index contributed by atoms with van der Waals surface area (Å²) in [6.07, 6.45) is 3.30. The molecule has 0 unspecified atom stereocenters. The monoisotopic (exact) mass is 338 g/mol. The van der Waals surface area contributed by atoms with Gasteiger partial charge in [0.1, 0.15) is 5.69 Å². The van der Waals surface area contributed by atoms with E-state index in [1.54, 1.807) is 28.7 Å². The molecule has 21 heavy (non-hydrogen) atoms. The summed E-state index contributed by atoms with van der Waals surface area (Å²) in [5, 5.41) is 6.71. The second-order valence-electron chi connectivity index (χ2n) is 4.05. The molecule has 2 aromatic heterocycles. The molecule has 0 saturated carbocycles. The van der Waals surface area contributed by atoms with Crippen LogP contribution in [0.2, 0.25) is 10.2 Å². The predicted octanol–water partition coefficient (Wildman–Crippen LogP) is 3.47. The average molecular weight is 339 g/mol. The largest absolute Gasteiger partial charge is 0.288 e. The third kappa shape index (κ3) is 2.92. The number of thiazole rings is 1. The van der Waals surface area contributed by atoms with E-state index in [0.717, 1.165) is 4.96 Å². The number of hydrogen-bond donors (Lipinski definition) is 1. The Kier molecular flexibility index (Phi) is 3.92. The van der Waals surface area contributed by atoms with Crippen LogP contribution in [0.5, 0.6) is 0 Å². The molecule has 0 atom stereocenters. The van der Waals surface area contributed by atoms with Crippen molar-refractivity contribution in [3.63, 3.8) is 0 Å². The highest BCUT2D eigenvalue weighted by molar-refractivity contribution is 7.15. The number of rotatable bonds is 3. The van der Waals surface area contributed by atoms with Gasteiger partial charge in [0.2, 0.25) is 0 Å². The number of benzene rings is 1. The first kappa shape index (κ1) is 14.1. The van der Waals surface area contributed by atoms with Crippen molar-refractivity contribution in [2.45, 2.75) is 0 Å². The van der Waals surface area contributed by atoms with E-state index < -0.39 is 0 Å². The zero-order valence-electron chi connectivity index (χ0n) is 10.5. The summed E-state index contributed by atoms with van der Waals surface area (Å²) in [6, 6.07) is 6.53. The van der Waals surface area contributed by atoms with Crippen LogP contribution in [0.25, 0.3) is 4.96 Å². The van der Waals surface area contributed by atoms with Crippen LogP contribution in [0.15, 0.2) is 40.9 Å². The molecule has 0 aliphatic heterocycles. The van der Waals surface area contributed by atoms with Crippen molar-refractivity contribution >= 4 is 51.6 Å². The number of hydrazone groups is 1. The molecule has 1 N–H and O–H groups in total. The zero-order valence-corrected chi connectivity index (χ0v) is 12.8. The first-order chi connectivity index (χ1) is 10.1. The maximum Gasteiger partial charge on any atom is 0.271 e. The number of amides is 1. The predicted molar refractivity (Wildman–Crippen MR) is 84.6 cm³/mol. The van der Waals surface area contributed by atoms with Crippen molar-refractivity contribution in [1.29, 1.82) is 0 Å². The normalized spacial score (nSPS) is 11.3. The van der Waals surface area contributed by atoms with Crippen LogP contribution < -0.4 is 5.43 Å². The van der Waals surface area contributed by atoms with Gasteiger partial charge in [-0.1, -0.05) is 23.2 Å². The standard InChI is InChI=1S/C13H8Cl2N4OS/c14-9-3-1-8(2-4-9)12(20)18-16-7-10-11(15)17-13-19(10)5-6-21-13/h1-7H,(H,18,20)/b16-7-. The van der Waals surface area contributed by atoms with Crippen LogP contribution in [-0.2, 0) is 0 Å². The fourth-order valence-electron chi connectivity index (χ4n) is 1.71. The van der Waals surface area contributed by atoms with Crippen LogP contribution in [0, 0.1) is 0 Å². The Labute approximate surface area is 133 Å². The van der Waals surface area contributed by atoms with E-state index >= 15 is 0 Å². The van der Waals surface area contributed by atoms with Gasteiger partial charge in [0.25, 0.3) is 5.91 Å². The van der Waals surface area contributed by atoms with Gasteiger partial charge in [0, 0.05) is 22.2 Å². The Morgan fingerprint density at radius 1 is 1.33 bits per heavy atom. The van der Waals surface area contributed by atoms with Gasteiger partial charge in [-0.05, 0) is 24.3 Å². The van der Waals surface area contributed by atoms with Gasteiger partial charge < -0.3 is 0 Å². The molecule has 3 rings (SSSR count). The van der Waals surface area contributed by atoms with Crippen molar-refractivity contribution in [3.05, 3.63) is 57.3 Å². The summed E-state index contributed by atoms with van der Waals surface area (Å²) in [5.74, 6) is -0.329. The summed E-state index contributed by atoms with van der Waals surface area (Å²) >= 11 is 13.2. The number of hydrogen-bond acceptors (Lipinski definition) is 4. The molecule has 8 heteroatoms. The lowest BCUT2D eigenvalue weighted by molar-refractivity contribution is 0.0955. The molecule has 0 radical (unpaired) electrons. The van der Waals surface area contributed by atoms with Gasteiger partial charge in [0.15, 0.2) is 10.1 Å². The third-order valence-corrected chi connectivity index (χ3v) is 4.00. The molecule has 3 aromatic rings. The van der Waals surface area contributed by atoms with E-state index in [1.165, 1.54) is 17.6 Å². The van der Waals surface area contributed by atoms with Crippen LogP contribution in [0.3, 0.4) is 0 Å². The second-order valence-corrected chi connectivity index (χ2v) is 5.72. The molecule has 0 aliphatic carbocycles. The Hall–Kier alpha value is -1.89. The van der Waals surface area contributed by atoms with E-state index in [9.17, 15) is 4.79 Å². The van der Waals surface area contributed by atoms with E-state index in [0.29, 0.717) is 21.4 Å². The molecule has 106 valence electrons. The van der Waals surface area contributed by atoms with Crippen molar-refractivity contribution in [3.8, 4) is 0 Å². The summed E-state index contributed by atoms with van der Waals surface area (Å²) in [7, 11) is 0. The number of aromatic nitrogens is 2. The lowest BCUT2D eigenvalue weighted by Crippen LogP contribution is -2.17. The summed E-state index contributed by atoms with van der Waals surface area (Å²) < 4.78 is 1.80.